The molecule has 1 heterocycles. The molecule has 2 nitrogen and oxygen atoms in total. The van der Waals surface area contributed by atoms with Gasteiger partial charge >= 0.3 is 0 Å². The minimum absolute atomic E-state index is 0.623. The fraction of sp³-hybridized carbons (Fsp3) is 0.333. The molecule has 2 aromatic rings. The molecule has 0 amide bonds. The first kappa shape index (κ1) is 13.1. The third-order valence-electron chi connectivity index (χ3n) is 3.50. The molecule has 0 spiro atoms. The zero-order valence-electron chi connectivity index (χ0n) is 10.5. The Morgan fingerprint density at radius 3 is 2.63 bits per heavy atom. The summed E-state index contributed by atoms with van der Waals surface area (Å²) < 4.78 is 1.000. The van der Waals surface area contributed by atoms with Crippen LogP contribution in [0.3, 0.4) is 0 Å². The van der Waals surface area contributed by atoms with E-state index in [1.54, 1.807) is 0 Å². The van der Waals surface area contributed by atoms with Crippen molar-refractivity contribution in [1.29, 1.82) is 0 Å². The summed E-state index contributed by atoms with van der Waals surface area (Å²) in [5, 5.41) is 0.623. The molecule has 0 radical (unpaired) electrons. The second-order valence-electron chi connectivity index (χ2n) is 4.80. The quantitative estimate of drug-likeness (QED) is 0.550. The molecule has 1 aromatic carbocycles. The fourth-order valence-corrected chi connectivity index (χ4v) is 3.23. The van der Waals surface area contributed by atoms with E-state index in [4.69, 9.17) is 16.6 Å². The van der Waals surface area contributed by atoms with Crippen molar-refractivity contribution in [3.63, 3.8) is 0 Å². The Labute approximate surface area is 126 Å². The van der Waals surface area contributed by atoms with Gasteiger partial charge in [-0.2, -0.15) is 0 Å². The van der Waals surface area contributed by atoms with E-state index in [0.29, 0.717) is 5.15 Å². The summed E-state index contributed by atoms with van der Waals surface area (Å²) >= 11 is 9.90. The SMILES string of the molecule is Clc1nc(-c2ccccc2Br)nc2c1CCCCC2. The minimum Gasteiger partial charge on any atom is -0.233 e. The Morgan fingerprint density at radius 1 is 1.00 bits per heavy atom. The van der Waals surface area contributed by atoms with Crippen LogP contribution in [0.2, 0.25) is 5.15 Å². The molecule has 3 rings (SSSR count). The van der Waals surface area contributed by atoms with E-state index in [9.17, 15) is 0 Å². The first-order chi connectivity index (χ1) is 9.25. The van der Waals surface area contributed by atoms with Crippen LogP contribution >= 0.6 is 27.5 Å². The van der Waals surface area contributed by atoms with Crippen LogP contribution in [0.4, 0.5) is 0 Å². The maximum atomic E-state index is 6.36. The number of nitrogens with zero attached hydrogens (tertiary/aromatic N) is 2. The number of benzene rings is 1. The zero-order valence-corrected chi connectivity index (χ0v) is 12.8. The van der Waals surface area contributed by atoms with Crippen molar-refractivity contribution in [3.8, 4) is 11.4 Å². The van der Waals surface area contributed by atoms with Gasteiger partial charge in [-0.05, 0) is 31.7 Å². The van der Waals surface area contributed by atoms with Gasteiger partial charge in [0.25, 0.3) is 0 Å². The van der Waals surface area contributed by atoms with Crippen LogP contribution < -0.4 is 0 Å². The summed E-state index contributed by atoms with van der Waals surface area (Å²) in [6, 6.07) is 7.98. The van der Waals surface area contributed by atoms with Crippen molar-refractivity contribution < 1.29 is 0 Å². The molecule has 1 aliphatic carbocycles. The van der Waals surface area contributed by atoms with Gasteiger partial charge in [0.15, 0.2) is 5.82 Å². The Morgan fingerprint density at radius 2 is 1.79 bits per heavy atom. The maximum absolute atomic E-state index is 6.36. The predicted molar refractivity (Wildman–Crippen MR) is 81.4 cm³/mol. The van der Waals surface area contributed by atoms with Crippen LogP contribution in [0.5, 0.6) is 0 Å². The lowest BCUT2D eigenvalue weighted by Gasteiger charge is -2.10. The number of hydrogen-bond donors (Lipinski definition) is 0. The normalized spacial score (nSPS) is 14.8. The van der Waals surface area contributed by atoms with Crippen molar-refractivity contribution >= 4 is 27.5 Å². The predicted octanol–water partition coefficient (Wildman–Crippen LogP) is 4.83. The standard InChI is InChI=1S/C15H14BrClN2/c16-12-8-5-4-6-10(12)15-18-13-9-3-1-2-7-11(13)14(17)19-15/h4-6,8H,1-3,7,9H2. The summed E-state index contributed by atoms with van der Waals surface area (Å²) in [5.41, 5.74) is 3.27. The number of fused-ring (bicyclic) bond motifs is 1. The molecule has 0 saturated heterocycles. The number of aromatic nitrogens is 2. The zero-order chi connectivity index (χ0) is 13.2. The number of hydrogen-bond acceptors (Lipinski definition) is 2. The van der Waals surface area contributed by atoms with Gasteiger partial charge in [-0.25, -0.2) is 9.97 Å². The van der Waals surface area contributed by atoms with Crippen LogP contribution in [0.1, 0.15) is 30.5 Å². The number of aryl methyl sites for hydroxylation is 1. The topological polar surface area (TPSA) is 25.8 Å². The second kappa shape index (κ2) is 5.59. The van der Waals surface area contributed by atoms with Crippen LogP contribution in [0, 0.1) is 0 Å². The van der Waals surface area contributed by atoms with Gasteiger partial charge in [0.05, 0.1) is 0 Å². The van der Waals surface area contributed by atoms with Gasteiger partial charge in [-0.15, -0.1) is 0 Å². The highest BCUT2D eigenvalue weighted by Gasteiger charge is 2.17. The summed E-state index contributed by atoms with van der Waals surface area (Å²) in [7, 11) is 0. The minimum atomic E-state index is 0.623. The van der Waals surface area contributed by atoms with Gasteiger partial charge in [0, 0.05) is 21.3 Å². The van der Waals surface area contributed by atoms with E-state index in [2.05, 4.69) is 20.9 Å². The molecule has 1 aliphatic rings. The smallest absolute Gasteiger partial charge is 0.162 e. The highest BCUT2D eigenvalue weighted by Crippen LogP contribution is 2.30. The highest BCUT2D eigenvalue weighted by atomic mass is 79.9. The van der Waals surface area contributed by atoms with E-state index in [0.717, 1.165) is 40.0 Å². The summed E-state index contributed by atoms with van der Waals surface area (Å²) in [6.45, 7) is 0. The monoisotopic (exact) mass is 336 g/mol. The van der Waals surface area contributed by atoms with Crippen molar-refractivity contribution in [3.05, 3.63) is 45.1 Å². The Balaban J connectivity index is 2.12. The molecule has 0 atom stereocenters. The van der Waals surface area contributed by atoms with Crippen molar-refractivity contribution in [2.45, 2.75) is 32.1 Å². The van der Waals surface area contributed by atoms with Crippen LogP contribution in [0.15, 0.2) is 28.7 Å². The molecule has 0 bridgehead atoms. The molecule has 0 aliphatic heterocycles. The molecular formula is C15H14BrClN2. The molecular weight excluding hydrogens is 324 g/mol. The van der Waals surface area contributed by atoms with Crippen LogP contribution in [0.25, 0.3) is 11.4 Å². The van der Waals surface area contributed by atoms with E-state index in [-0.39, 0.29) is 0 Å². The fourth-order valence-electron chi connectivity index (χ4n) is 2.49. The molecule has 1 aromatic heterocycles. The molecule has 19 heavy (non-hydrogen) atoms. The Kier molecular flexibility index (Phi) is 3.85. The van der Waals surface area contributed by atoms with Gasteiger partial charge < -0.3 is 0 Å². The summed E-state index contributed by atoms with van der Waals surface area (Å²) in [5.74, 6) is 0.720. The lowest BCUT2D eigenvalue weighted by molar-refractivity contribution is 0.709. The number of rotatable bonds is 1. The van der Waals surface area contributed by atoms with Crippen molar-refractivity contribution in [1.82, 2.24) is 9.97 Å². The van der Waals surface area contributed by atoms with Gasteiger partial charge in [0.1, 0.15) is 5.15 Å². The molecule has 0 unspecified atom stereocenters. The van der Waals surface area contributed by atoms with Crippen molar-refractivity contribution in [2.24, 2.45) is 0 Å². The number of halogens is 2. The lowest BCUT2D eigenvalue weighted by atomic mass is 10.1. The first-order valence-electron chi connectivity index (χ1n) is 6.56. The molecule has 98 valence electrons. The molecule has 0 saturated carbocycles. The summed E-state index contributed by atoms with van der Waals surface area (Å²) in [4.78, 5) is 9.22. The van der Waals surface area contributed by atoms with E-state index in [1.807, 2.05) is 24.3 Å². The second-order valence-corrected chi connectivity index (χ2v) is 6.02. The van der Waals surface area contributed by atoms with E-state index in [1.165, 1.54) is 19.3 Å². The van der Waals surface area contributed by atoms with Crippen LogP contribution in [-0.2, 0) is 12.8 Å². The molecule has 4 heteroatoms. The first-order valence-corrected chi connectivity index (χ1v) is 7.73. The maximum Gasteiger partial charge on any atom is 0.162 e. The molecule has 0 fully saturated rings. The average Bonchev–Trinajstić information content (AvgIpc) is 2.65. The molecule has 0 N–H and O–H groups in total. The van der Waals surface area contributed by atoms with Crippen molar-refractivity contribution in [2.75, 3.05) is 0 Å². The lowest BCUT2D eigenvalue weighted by Crippen LogP contribution is -2.02. The van der Waals surface area contributed by atoms with Gasteiger partial charge in [0.2, 0.25) is 0 Å². The third kappa shape index (κ3) is 2.67. The highest BCUT2D eigenvalue weighted by molar-refractivity contribution is 9.10. The Hall–Kier alpha value is -0.930. The van der Waals surface area contributed by atoms with E-state index < -0.39 is 0 Å². The van der Waals surface area contributed by atoms with Gasteiger partial charge in [-0.3, -0.25) is 0 Å². The Bertz CT molecular complexity index is 613. The van der Waals surface area contributed by atoms with Gasteiger partial charge in [-0.1, -0.05) is 52.2 Å². The van der Waals surface area contributed by atoms with E-state index >= 15 is 0 Å². The average molecular weight is 338 g/mol. The third-order valence-corrected chi connectivity index (χ3v) is 4.50. The van der Waals surface area contributed by atoms with Crippen LogP contribution in [-0.4, -0.2) is 9.97 Å². The summed E-state index contributed by atoms with van der Waals surface area (Å²) in [6.07, 6.45) is 5.64. The largest absolute Gasteiger partial charge is 0.233 e.